The van der Waals surface area contributed by atoms with Gasteiger partial charge in [0.25, 0.3) is 0 Å². The molecule has 1 saturated carbocycles. The molecule has 1 aliphatic carbocycles. The fourth-order valence-corrected chi connectivity index (χ4v) is 3.99. The first-order valence-corrected chi connectivity index (χ1v) is 8.89. The van der Waals surface area contributed by atoms with E-state index in [1.54, 1.807) is 6.92 Å². The van der Waals surface area contributed by atoms with E-state index in [1.807, 2.05) is 35.2 Å². The van der Waals surface area contributed by atoms with Crippen molar-refractivity contribution in [2.75, 3.05) is 19.7 Å². The number of hydrogen-bond donors (Lipinski definition) is 1. The molecule has 1 spiro atoms. The molecule has 1 aromatic carbocycles. The molecule has 1 aromatic rings. The number of nitrogens with zero attached hydrogens (tertiary/aromatic N) is 1. The molecule has 3 rings (SSSR count). The lowest BCUT2D eigenvalue weighted by molar-refractivity contribution is -0.157. The summed E-state index contributed by atoms with van der Waals surface area (Å²) >= 11 is 0. The van der Waals surface area contributed by atoms with Crippen LogP contribution in [0.1, 0.15) is 38.2 Å². The summed E-state index contributed by atoms with van der Waals surface area (Å²) in [5.41, 5.74) is 0.915. The van der Waals surface area contributed by atoms with Crippen LogP contribution in [-0.2, 0) is 20.7 Å². The van der Waals surface area contributed by atoms with Crippen molar-refractivity contribution in [3.8, 4) is 0 Å². The first-order valence-electron chi connectivity index (χ1n) is 8.89. The number of ether oxygens (including phenoxy) is 1. The predicted octanol–water partition coefficient (Wildman–Crippen LogP) is 1.91. The molecule has 2 fully saturated rings. The second-order valence-electron chi connectivity index (χ2n) is 6.78. The van der Waals surface area contributed by atoms with Crippen molar-refractivity contribution in [1.82, 2.24) is 10.2 Å². The van der Waals surface area contributed by atoms with Gasteiger partial charge in [0.2, 0.25) is 5.91 Å². The van der Waals surface area contributed by atoms with Crippen LogP contribution in [0, 0.1) is 0 Å². The Morgan fingerprint density at radius 2 is 2.00 bits per heavy atom. The van der Waals surface area contributed by atoms with E-state index in [0.29, 0.717) is 13.0 Å². The van der Waals surface area contributed by atoms with Crippen LogP contribution in [-0.4, -0.2) is 48.1 Å². The minimum Gasteiger partial charge on any atom is -0.465 e. The number of carbonyl (C=O) groups is 2. The fourth-order valence-electron chi connectivity index (χ4n) is 3.99. The lowest BCUT2D eigenvalue weighted by Crippen LogP contribution is -2.67. The molecule has 5 nitrogen and oxygen atoms in total. The molecule has 1 amide bonds. The number of piperazine rings is 1. The number of hydrogen-bond acceptors (Lipinski definition) is 4. The van der Waals surface area contributed by atoms with E-state index < -0.39 is 0 Å². The Morgan fingerprint density at radius 3 is 2.67 bits per heavy atom. The Balaban J connectivity index is 1.76. The second-order valence-corrected chi connectivity index (χ2v) is 6.78. The van der Waals surface area contributed by atoms with Crippen molar-refractivity contribution in [2.24, 2.45) is 0 Å². The van der Waals surface area contributed by atoms with Crippen LogP contribution < -0.4 is 5.32 Å². The first-order chi connectivity index (χ1) is 11.6. The maximum absolute atomic E-state index is 13.1. The molecular weight excluding hydrogens is 304 g/mol. The summed E-state index contributed by atoms with van der Waals surface area (Å²) < 4.78 is 5.10. The summed E-state index contributed by atoms with van der Waals surface area (Å²) in [5, 5.41) is 3.44. The predicted molar refractivity (Wildman–Crippen MR) is 91.5 cm³/mol. The number of amides is 1. The van der Waals surface area contributed by atoms with Crippen molar-refractivity contribution < 1.29 is 14.3 Å². The molecule has 0 radical (unpaired) electrons. The smallest absolute Gasteiger partial charge is 0.325 e. The van der Waals surface area contributed by atoms with Crippen molar-refractivity contribution in [2.45, 2.75) is 50.6 Å². The minimum atomic E-state index is -0.308. The fraction of sp³-hybridized carbons (Fsp3) is 0.579. The molecule has 5 heteroatoms. The van der Waals surface area contributed by atoms with Crippen molar-refractivity contribution in [3.05, 3.63) is 35.9 Å². The van der Waals surface area contributed by atoms with Gasteiger partial charge < -0.3 is 15.0 Å². The van der Waals surface area contributed by atoms with Crippen LogP contribution >= 0.6 is 0 Å². The molecule has 130 valence electrons. The SMILES string of the molecule is CCOC(=O)CN1C(=O)C(Cc2ccccc2)NCC12CCCC2. The quantitative estimate of drug-likeness (QED) is 0.838. The number of rotatable bonds is 5. The number of benzene rings is 1. The highest BCUT2D eigenvalue weighted by Crippen LogP contribution is 2.37. The summed E-state index contributed by atoms with van der Waals surface area (Å²) in [6.07, 6.45) is 4.79. The number of esters is 1. The highest BCUT2D eigenvalue weighted by atomic mass is 16.5. The summed E-state index contributed by atoms with van der Waals surface area (Å²) in [6, 6.07) is 9.73. The molecule has 1 N–H and O–H groups in total. The van der Waals surface area contributed by atoms with Gasteiger partial charge in [0.1, 0.15) is 6.54 Å². The Hall–Kier alpha value is -1.88. The second kappa shape index (κ2) is 7.34. The maximum Gasteiger partial charge on any atom is 0.325 e. The van der Waals surface area contributed by atoms with Crippen molar-refractivity contribution in [1.29, 1.82) is 0 Å². The average molecular weight is 330 g/mol. The third-order valence-corrected chi connectivity index (χ3v) is 5.22. The Bertz CT molecular complexity index is 582. The normalized spacial score (nSPS) is 22.8. The van der Waals surface area contributed by atoms with Gasteiger partial charge in [-0.15, -0.1) is 0 Å². The van der Waals surface area contributed by atoms with E-state index in [2.05, 4.69) is 5.32 Å². The molecule has 1 aliphatic heterocycles. The lowest BCUT2D eigenvalue weighted by Gasteiger charge is -2.47. The largest absolute Gasteiger partial charge is 0.465 e. The first kappa shape index (κ1) is 17.0. The van der Waals surface area contributed by atoms with Gasteiger partial charge in [0.05, 0.1) is 18.2 Å². The third-order valence-electron chi connectivity index (χ3n) is 5.22. The molecular formula is C19H26N2O3. The standard InChI is InChI=1S/C19H26N2O3/c1-2-24-17(22)13-21-18(23)16(12-15-8-4-3-5-9-15)20-14-19(21)10-6-7-11-19/h3-5,8-9,16,20H,2,6-7,10-14H2,1H3. The van der Waals surface area contributed by atoms with Crippen LogP contribution in [0.5, 0.6) is 0 Å². The molecule has 24 heavy (non-hydrogen) atoms. The molecule has 0 bridgehead atoms. The van der Waals surface area contributed by atoms with E-state index in [9.17, 15) is 9.59 Å². The van der Waals surface area contributed by atoms with Gasteiger partial charge in [-0.05, 0) is 31.7 Å². The van der Waals surface area contributed by atoms with Gasteiger partial charge in [-0.25, -0.2) is 0 Å². The zero-order valence-corrected chi connectivity index (χ0v) is 14.3. The Labute approximate surface area is 143 Å². The lowest BCUT2D eigenvalue weighted by atomic mass is 9.89. The molecule has 1 heterocycles. The molecule has 2 aliphatic rings. The van der Waals surface area contributed by atoms with Gasteiger partial charge in [0, 0.05) is 6.54 Å². The summed E-state index contributed by atoms with van der Waals surface area (Å²) in [4.78, 5) is 26.9. The summed E-state index contributed by atoms with van der Waals surface area (Å²) in [7, 11) is 0. The van der Waals surface area contributed by atoms with Gasteiger partial charge >= 0.3 is 5.97 Å². The van der Waals surface area contributed by atoms with E-state index in [0.717, 1.165) is 37.8 Å². The van der Waals surface area contributed by atoms with Gasteiger partial charge in [-0.1, -0.05) is 43.2 Å². The summed E-state index contributed by atoms with van der Waals surface area (Å²) in [6.45, 7) is 2.97. The van der Waals surface area contributed by atoms with Gasteiger partial charge in [-0.2, -0.15) is 0 Å². The molecule has 0 aromatic heterocycles. The van der Waals surface area contributed by atoms with Crippen LogP contribution in [0.3, 0.4) is 0 Å². The maximum atomic E-state index is 13.1. The van der Waals surface area contributed by atoms with E-state index in [1.165, 1.54) is 0 Å². The zero-order valence-electron chi connectivity index (χ0n) is 14.3. The van der Waals surface area contributed by atoms with Crippen LogP contribution in [0.25, 0.3) is 0 Å². The number of nitrogens with one attached hydrogen (secondary N) is 1. The van der Waals surface area contributed by atoms with Crippen LogP contribution in [0.2, 0.25) is 0 Å². The monoisotopic (exact) mass is 330 g/mol. The highest BCUT2D eigenvalue weighted by molar-refractivity contribution is 5.87. The molecule has 1 saturated heterocycles. The molecule has 1 unspecified atom stereocenters. The number of carbonyl (C=O) groups excluding carboxylic acids is 2. The van der Waals surface area contributed by atoms with E-state index >= 15 is 0 Å². The Morgan fingerprint density at radius 1 is 1.29 bits per heavy atom. The highest BCUT2D eigenvalue weighted by Gasteiger charge is 2.48. The topological polar surface area (TPSA) is 58.6 Å². The van der Waals surface area contributed by atoms with Gasteiger partial charge in [0.15, 0.2) is 0 Å². The van der Waals surface area contributed by atoms with Gasteiger partial charge in [-0.3, -0.25) is 9.59 Å². The van der Waals surface area contributed by atoms with E-state index in [4.69, 9.17) is 4.74 Å². The summed E-state index contributed by atoms with van der Waals surface area (Å²) in [5.74, 6) is -0.280. The van der Waals surface area contributed by atoms with Crippen LogP contribution in [0.15, 0.2) is 30.3 Å². The zero-order chi connectivity index (χ0) is 17.0. The van der Waals surface area contributed by atoms with Crippen molar-refractivity contribution in [3.63, 3.8) is 0 Å². The van der Waals surface area contributed by atoms with Crippen LogP contribution in [0.4, 0.5) is 0 Å². The Kier molecular flexibility index (Phi) is 5.19. The van der Waals surface area contributed by atoms with E-state index in [-0.39, 0.29) is 30.0 Å². The van der Waals surface area contributed by atoms with Crippen molar-refractivity contribution >= 4 is 11.9 Å². The minimum absolute atomic E-state index is 0.0278. The average Bonchev–Trinajstić information content (AvgIpc) is 3.05. The molecule has 1 atom stereocenters. The third kappa shape index (κ3) is 3.46.